The summed E-state index contributed by atoms with van der Waals surface area (Å²) in [6, 6.07) is 46.6. The van der Waals surface area contributed by atoms with Crippen LogP contribution in [0.25, 0.3) is 66.5 Å². The summed E-state index contributed by atoms with van der Waals surface area (Å²) in [6.07, 6.45) is 2.88. The van der Waals surface area contributed by atoms with E-state index in [2.05, 4.69) is 138 Å². The topological polar surface area (TPSA) is 28.7 Å². The van der Waals surface area contributed by atoms with Crippen LogP contribution in [0.5, 0.6) is 0 Å². The van der Waals surface area contributed by atoms with Crippen molar-refractivity contribution in [1.82, 2.24) is 4.57 Å². The third-order valence-electron chi connectivity index (χ3n) is 9.04. The first-order chi connectivity index (χ1) is 20.2. The number of nitrogens with zero attached hydrogens (tertiary/aromatic N) is 2. The number of nitriles is 1. The number of hydrogen-bond donors (Lipinski definition) is 0. The monoisotopic (exact) mass is 520 g/mol. The van der Waals surface area contributed by atoms with Gasteiger partial charge in [-0.15, -0.1) is 0 Å². The van der Waals surface area contributed by atoms with Gasteiger partial charge < -0.3 is 4.57 Å². The van der Waals surface area contributed by atoms with Crippen LogP contribution in [0.2, 0.25) is 0 Å². The van der Waals surface area contributed by atoms with E-state index in [0.29, 0.717) is 0 Å². The van der Waals surface area contributed by atoms with Crippen molar-refractivity contribution in [2.24, 2.45) is 0 Å². The molecular weight excluding hydrogens is 496 g/mol. The van der Waals surface area contributed by atoms with E-state index in [9.17, 15) is 5.26 Å². The van der Waals surface area contributed by atoms with Crippen LogP contribution in [-0.4, -0.2) is 4.57 Å². The molecule has 1 aromatic heterocycles. The molecule has 1 unspecified atom stereocenters. The summed E-state index contributed by atoms with van der Waals surface area (Å²) in [5.41, 5.74) is 12.1. The molecular formula is C39H24N2. The Morgan fingerprint density at radius 2 is 1.24 bits per heavy atom. The van der Waals surface area contributed by atoms with Gasteiger partial charge in [0, 0.05) is 28.1 Å². The molecule has 0 bridgehead atoms. The van der Waals surface area contributed by atoms with Crippen LogP contribution in [0.1, 0.15) is 29.2 Å². The van der Waals surface area contributed by atoms with E-state index >= 15 is 0 Å². The van der Waals surface area contributed by atoms with E-state index < -0.39 is 0 Å². The molecule has 190 valence electrons. The molecule has 1 aliphatic heterocycles. The Bertz CT molecular complexity index is 2280. The highest BCUT2D eigenvalue weighted by molar-refractivity contribution is 6.06. The van der Waals surface area contributed by atoms with Crippen LogP contribution < -0.4 is 0 Å². The smallest absolute Gasteiger partial charge is 0.0947 e. The summed E-state index contributed by atoms with van der Waals surface area (Å²) in [6.45, 7) is 0. The van der Waals surface area contributed by atoms with E-state index in [-0.39, 0.29) is 5.92 Å². The zero-order chi connectivity index (χ0) is 27.1. The summed E-state index contributed by atoms with van der Waals surface area (Å²) < 4.78 is 2.48. The number of allylic oxidation sites excluding steroid dienone is 1. The van der Waals surface area contributed by atoms with Crippen molar-refractivity contribution in [3.63, 3.8) is 0 Å². The van der Waals surface area contributed by atoms with Gasteiger partial charge in [0.25, 0.3) is 0 Å². The van der Waals surface area contributed by atoms with Crippen LogP contribution in [0, 0.1) is 11.3 Å². The Labute approximate surface area is 238 Å². The summed E-state index contributed by atoms with van der Waals surface area (Å²) >= 11 is 0. The zero-order valence-electron chi connectivity index (χ0n) is 22.3. The molecule has 6 aromatic carbocycles. The Kier molecular flexibility index (Phi) is 4.54. The lowest BCUT2D eigenvalue weighted by atomic mass is 9.83. The van der Waals surface area contributed by atoms with Gasteiger partial charge in [-0.05, 0) is 98.3 Å². The SMILES string of the molecule is N#CC1=Cc2c3n(c4cc5cc(-c6ccccc6)ccc5cc24)-c2cc4cc(-c5ccccc5)ccc4cc2C3C1. The van der Waals surface area contributed by atoms with Gasteiger partial charge in [-0.25, -0.2) is 0 Å². The molecule has 2 heteroatoms. The molecule has 0 fully saturated rings. The van der Waals surface area contributed by atoms with E-state index in [4.69, 9.17) is 0 Å². The summed E-state index contributed by atoms with van der Waals surface area (Å²) in [4.78, 5) is 0. The third kappa shape index (κ3) is 3.24. The minimum Gasteiger partial charge on any atom is -0.312 e. The highest BCUT2D eigenvalue weighted by Gasteiger charge is 2.37. The minimum atomic E-state index is 0.188. The molecule has 1 atom stereocenters. The third-order valence-corrected chi connectivity index (χ3v) is 9.04. The average Bonchev–Trinajstić information content (AvgIpc) is 3.53. The van der Waals surface area contributed by atoms with E-state index in [0.717, 1.165) is 12.0 Å². The highest BCUT2D eigenvalue weighted by Crippen LogP contribution is 2.52. The molecule has 1 aliphatic carbocycles. The fourth-order valence-electron chi connectivity index (χ4n) is 7.11. The predicted molar refractivity (Wildman–Crippen MR) is 169 cm³/mol. The Balaban J connectivity index is 1.31. The van der Waals surface area contributed by atoms with Gasteiger partial charge in [-0.2, -0.15) is 5.26 Å². The molecule has 41 heavy (non-hydrogen) atoms. The van der Waals surface area contributed by atoms with Crippen molar-refractivity contribution in [1.29, 1.82) is 5.26 Å². The Hall–Kier alpha value is -5.39. The van der Waals surface area contributed by atoms with Crippen molar-refractivity contribution in [2.45, 2.75) is 12.3 Å². The lowest BCUT2D eigenvalue weighted by Crippen LogP contribution is -2.04. The van der Waals surface area contributed by atoms with Crippen LogP contribution in [0.4, 0.5) is 0 Å². The first kappa shape index (κ1) is 22.4. The number of aromatic nitrogens is 1. The lowest BCUT2D eigenvalue weighted by Gasteiger charge is -2.18. The number of rotatable bonds is 2. The van der Waals surface area contributed by atoms with Crippen molar-refractivity contribution in [3.05, 3.63) is 144 Å². The van der Waals surface area contributed by atoms with Gasteiger partial charge in [0.2, 0.25) is 0 Å². The summed E-state index contributed by atoms with van der Waals surface area (Å²) in [7, 11) is 0. The molecule has 0 N–H and O–H groups in total. The normalized spacial score (nSPS) is 15.1. The van der Waals surface area contributed by atoms with E-state index in [1.165, 1.54) is 77.2 Å². The predicted octanol–water partition coefficient (Wildman–Crippen LogP) is 10.0. The van der Waals surface area contributed by atoms with Gasteiger partial charge in [-0.3, -0.25) is 0 Å². The second kappa shape index (κ2) is 8.31. The van der Waals surface area contributed by atoms with Gasteiger partial charge in [0.05, 0.1) is 17.3 Å². The maximum Gasteiger partial charge on any atom is 0.0947 e. The molecule has 9 rings (SSSR count). The number of benzene rings is 6. The van der Waals surface area contributed by atoms with Crippen LogP contribution >= 0.6 is 0 Å². The maximum absolute atomic E-state index is 10.0. The Morgan fingerprint density at radius 3 is 1.90 bits per heavy atom. The van der Waals surface area contributed by atoms with Crippen LogP contribution in [-0.2, 0) is 0 Å². The van der Waals surface area contributed by atoms with Crippen LogP contribution in [0.15, 0.2) is 127 Å². The first-order valence-corrected chi connectivity index (χ1v) is 14.2. The zero-order valence-corrected chi connectivity index (χ0v) is 22.3. The molecule has 0 saturated heterocycles. The molecule has 0 saturated carbocycles. The second-order valence-electron chi connectivity index (χ2n) is 11.3. The van der Waals surface area contributed by atoms with E-state index in [1.807, 2.05) is 0 Å². The van der Waals surface area contributed by atoms with Crippen LogP contribution in [0.3, 0.4) is 0 Å². The van der Waals surface area contributed by atoms with Gasteiger partial charge in [0.1, 0.15) is 0 Å². The number of hydrogen-bond acceptors (Lipinski definition) is 1. The molecule has 0 radical (unpaired) electrons. The van der Waals surface area contributed by atoms with Crippen molar-refractivity contribution in [2.75, 3.05) is 0 Å². The quantitative estimate of drug-likeness (QED) is 0.223. The average molecular weight is 521 g/mol. The van der Waals surface area contributed by atoms with Gasteiger partial charge >= 0.3 is 0 Å². The van der Waals surface area contributed by atoms with Crippen molar-refractivity contribution < 1.29 is 0 Å². The van der Waals surface area contributed by atoms with Gasteiger partial charge in [-0.1, -0.05) is 84.9 Å². The number of fused-ring (bicyclic) bond motifs is 8. The maximum atomic E-state index is 10.0. The largest absolute Gasteiger partial charge is 0.312 e. The lowest BCUT2D eigenvalue weighted by molar-refractivity contribution is 0.802. The van der Waals surface area contributed by atoms with Crippen molar-refractivity contribution >= 4 is 38.5 Å². The molecule has 2 aliphatic rings. The summed E-state index contributed by atoms with van der Waals surface area (Å²) in [5.74, 6) is 0.188. The van der Waals surface area contributed by atoms with Crippen molar-refractivity contribution in [3.8, 4) is 34.0 Å². The molecule has 0 spiro atoms. The molecule has 2 nitrogen and oxygen atoms in total. The minimum absolute atomic E-state index is 0.188. The first-order valence-electron chi connectivity index (χ1n) is 14.2. The fraction of sp³-hybridized carbons (Fsp3) is 0.0513. The second-order valence-corrected chi connectivity index (χ2v) is 11.3. The summed E-state index contributed by atoms with van der Waals surface area (Å²) in [5, 5.41) is 16.2. The van der Waals surface area contributed by atoms with E-state index in [1.54, 1.807) is 0 Å². The fourth-order valence-corrected chi connectivity index (χ4v) is 7.11. The standard InChI is InChI=1S/C39H24N2/c40-23-24-15-35-33-19-29-13-11-27(25-7-3-1-4-8-25)17-31(29)21-37(33)41-38-22-32-18-28(26-9-5-2-6-10-26)12-14-30(32)20-34(38)36(16-24)39(35)41/h1-15,17-22,36H,16H2. The molecule has 0 amide bonds. The highest BCUT2D eigenvalue weighted by atomic mass is 15.0. The Morgan fingerprint density at radius 1 is 0.610 bits per heavy atom. The molecule has 2 heterocycles. The molecule has 7 aromatic rings. The van der Waals surface area contributed by atoms with Gasteiger partial charge in [0.15, 0.2) is 0 Å².